The molecular weight excluding hydrogens is 254 g/mol. The molecule has 2 N–H and O–H groups in total. The van der Waals surface area contributed by atoms with E-state index in [4.69, 9.17) is 0 Å². The van der Waals surface area contributed by atoms with Gasteiger partial charge in [0.15, 0.2) is 11.6 Å². The van der Waals surface area contributed by atoms with Gasteiger partial charge in [-0.2, -0.15) is 0 Å². The third kappa shape index (κ3) is 2.90. The lowest BCUT2D eigenvalue weighted by Crippen LogP contribution is -2.55. The number of carbonyl (C=O) groups is 1. The quantitative estimate of drug-likeness (QED) is 0.871. The Labute approximate surface area is 110 Å². The van der Waals surface area contributed by atoms with Gasteiger partial charge < -0.3 is 10.4 Å². The summed E-state index contributed by atoms with van der Waals surface area (Å²) in [5.41, 5.74) is 0.576. The molecule has 6 heteroatoms. The highest BCUT2D eigenvalue weighted by Crippen LogP contribution is 2.24. The molecule has 4 nitrogen and oxygen atoms in total. The Morgan fingerprint density at radius 3 is 2.84 bits per heavy atom. The van der Waals surface area contributed by atoms with Crippen molar-refractivity contribution in [2.45, 2.75) is 19.0 Å². The lowest BCUT2D eigenvalue weighted by atomic mass is 10.0. The SMILES string of the molecule is CC(c1ccc(F)c(F)c1)N1CCNCC1C(=O)O. The summed E-state index contributed by atoms with van der Waals surface area (Å²) in [6.07, 6.45) is 0. The number of carboxylic acid groups (broad SMARTS) is 1. The van der Waals surface area contributed by atoms with Crippen molar-refractivity contribution in [3.63, 3.8) is 0 Å². The zero-order chi connectivity index (χ0) is 14.0. The molecule has 104 valence electrons. The monoisotopic (exact) mass is 270 g/mol. The van der Waals surface area contributed by atoms with Gasteiger partial charge in [-0.3, -0.25) is 9.69 Å². The second-order valence-corrected chi connectivity index (χ2v) is 4.65. The first-order chi connectivity index (χ1) is 9.00. The summed E-state index contributed by atoms with van der Waals surface area (Å²) in [7, 11) is 0. The first-order valence-corrected chi connectivity index (χ1v) is 6.15. The lowest BCUT2D eigenvalue weighted by molar-refractivity contribution is -0.145. The Bertz CT molecular complexity index is 482. The number of carboxylic acids is 1. The van der Waals surface area contributed by atoms with Crippen LogP contribution in [0.4, 0.5) is 8.78 Å². The van der Waals surface area contributed by atoms with Crippen molar-refractivity contribution in [1.29, 1.82) is 0 Å². The summed E-state index contributed by atoms with van der Waals surface area (Å²) < 4.78 is 26.2. The topological polar surface area (TPSA) is 52.6 Å². The summed E-state index contributed by atoms with van der Waals surface area (Å²) in [6.45, 7) is 3.38. The standard InChI is InChI=1S/C13H16F2N2O2/c1-8(9-2-3-10(14)11(15)6-9)17-5-4-16-7-12(17)13(18)19/h2-3,6,8,12,16H,4-5,7H2,1H3,(H,18,19). The minimum absolute atomic E-state index is 0.279. The minimum atomic E-state index is -0.915. The third-order valence-corrected chi connectivity index (χ3v) is 3.49. The minimum Gasteiger partial charge on any atom is -0.480 e. The van der Waals surface area contributed by atoms with Crippen LogP contribution in [0, 0.1) is 11.6 Å². The number of rotatable bonds is 3. The average molecular weight is 270 g/mol. The van der Waals surface area contributed by atoms with Gasteiger partial charge in [0, 0.05) is 25.7 Å². The van der Waals surface area contributed by atoms with E-state index in [1.54, 1.807) is 11.8 Å². The van der Waals surface area contributed by atoms with E-state index in [1.807, 2.05) is 0 Å². The highest BCUT2D eigenvalue weighted by molar-refractivity contribution is 5.74. The molecule has 0 aromatic heterocycles. The van der Waals surface area contributed by atoms with E-state index in [9.17, 15) is 18.7 Å². The van der Waals surface area contributed by atoms with Crippen LogP contribution in [0.1, 0.15) is 18.5 Å². The molecule has 0 bridgehead atoms. The van der Waals surface area contributed by atoms with Crippen LogP contribution in [0.25, 0.3) is 0 Å². The van der Waals surface area contributed by atoms with Gasteiger partial charge in [0.1, 0.15) is 6.04 Å². The molecule has 0 saturated carbocycles. The maximum atomic E-state index is 13.2. The summed E-state index contributed by atoms with van der Waals surface area (Å²) in [6, 6.07) is 2.75. The molecule has 0 amide bonds. The zero-order valence-electron chi connectivity index (χ0n) is 10.6. The largest absolute Gasteiger partial charge is 0.480 e. The fourth-order valence-corrected chi connectivity index (χ4v) is 2.38. The van der Waals surface area contributed by atoms with E-state index < -0.39 is 23.6 Å². The average Bonchev–Trinajstić information content (AvgIpc) is 2.41. The number of aliphatic carboxylic acids is 1. The van der Waals surface area contributed by atoms with Crippen LogP contribution in [-0.4, -0.2) is 41.7 Å². The van der Waals surface area contributed by atoms with Gasteiger partial charge in [0.2, 0.25) is 0 Å². The Hall–Kier alpha value is -1.53. The van der Waals surface area contributed by atoms with Crippen LogP contribution in [-0.2, 0) is 4.79 Å². The van der Waals surface area contributed by atoms with Gasteiger partial charge >= 0.3 is 5.97 Å². The van der Waals surface area contributed by atoms with Crippen LogP contribution in [0.2, 0.25) is 0 Å². The smallest absolute Gasteiger partial charge is 0.322 e. The van der Waals surface area contributed by atoms with Crippen molar-refractivity contribution in [1.82, 2.24) is 10.2 Å². The van der Waals surface area contributed by atoms with Crippen molar-refractivity contribution in [2.24, 2.45) is 0 Å². The van der Waals surface area contributed by atoms with Crippen LogP contribution in [0.3, 0.4) is 0 Å². The molecule has 1 aliphatic rings. The molecule has 1 aromatic rings. The fraction of sp³-hybridized carbons (Fsp3) is 0.462. The summed E-state index contributed by atoms with van der Waals surface area (Å²) >= 11 is 0. The molecule has 1 aliphatic heterocycles. The highest BCUT2D eigenvalue weighted by atomic mass is 19.2. The van der Waals surface area contributed by atoms with E-state index in [0.717, 1.165) is 12.1 Å². The molecule has 19 heavy (non-hydrogen) atoms. The predicted octanol–water partition coefficient (Wildman–Crippen LogP) is 1.38. The summed E-state index contributed by atoms with van der Waals surface area (Å²) in [4.78, 5) is 13.0. The van der Waals surface area contributed by atoms with Crippen molar-refractivity contribution in [3.05, 3.63) is 35.4 Å². The Balaban J connectivity index is 2.23. The number of nitrogens with one attached hydrogen (secondary N) is 1. The van der Waals surface area contributed by atoms with Crippen molar-refractivity contribution in [2.75, 3.05) is 19.6 Å². The van der Waals surface area contributed by atoms with Crippen LogP contribution >= 0.6 is 0 Å². The zero-order valence-corrected chi connectivity index (χ0v) is 10.6. The van der Waals surface area contributed by atoms with E-state index >= 15 is 0 Å². The molecule has 0 radical (unpaired) electrons. The van der Waals surface area contributed by atoms with E-state index in [1.165, 1.54) is 6.07 Å². The lowest BCUT2D eigenvalue weighted by Gasteiger charge is -2.38. The number of piperazine rings is 1. The van der Waals surface area contributed by atoms with Crippen LogP contribution in [0.5, 0.6) is 0 Å². The molecule has 1 heterocycles. The van der Waals surface area contributed by atoms with Gasteiger partial charge in [-0.15, -0.1) is 0 Å². The maximum Gasteiger partial charge on any atom is 0.322 e. The van der Waals surface area contributed by atoms with Gasteiger partial charge in [-0.1, -0.05) is 6.07 Å². The van der Waals surface area contributed by atoms with Gasteiger partial charge in [0.05, 0.1) is 0 Å². The van der Waals surface area contributed by atoms with Crippen LogP contribution < -0.4 is 5.32 Å². The number of hydrogen-bond donors (Lipinski definition) is 2. The van der Waals surface area contributed by atoms with Gasteiger partial charge in [-0.05, 0) is 24.6 Å². The second-order valence-electron chi connectivity index (χ2n) is 4.65. The first kappa shape index (κ1) is 13.9. The van der Waals surface area contributed by atoms with E-state index in [2.05, 4.69) is 5.32 Å². The molecule has 1 saturated heterocycles. The number of hydrogen-bond acceptors (Lipinski definition) is 3. The normalized spacial score (nSPS) is 22.2. The molecule has 1 aromatic carbocycles. The van der Waals surface area contributed by atoms with Gasteiger partial charge in [0.25, 0.3) is 0 Å². The number of halogens is 2. The molecule has 2 atom stereocenters. The Kier molecular flexibility index (Phi) is 4.11. The predicted molar refractivity (Wildman–Crippen MR) is 65.8 cm³/mol. The maximum absolute atomic E-state index is 13.2. The van der Waals surface area contributed by atoms with Crippen LogP contribution in [0.15, 0.2) is 18.2 Å². The van der Waals surface area contributed by atoms with Crippen molar-refractivity contribution < 1.29 is 18.7 Å². The number of nitrogens with zero attached hydrogens (tertiary/aromatic N) is 1. The number of benzene rings is 1. The summed E-state index contributed by atoms with van der Waals surface area (Å²) in [5, 5.41) is 12.2. The third-order valence-electron chi connectivity index (χ3n) is 3.49. The molecular formula is C13H16F2N2O2. The molecule has 1 fully saturated rings. The van der Waals surface area contributed by atoms with E-state index in [-0.39, 0.29) is 6.04 Å². The molecule has 0 aliphatic carbocycles. The van der Waals surface area contributed by atoms with E-state index in [0.29, 0.717) is 25.2 Å². The van der Waals surface area contributed by atoms with Crippen molar-refractivity contribution >= 4 is 5.97 Å². The fourth-order valence-electron chi connectivity index (χ4n) is 2.38. The Morgan fingerprint density at radius 1 is 1.47 bits per heavy atom. The highest BCUT2D eigenvalue weighted by Gasteiger charge is 2.32. The second kappa shape index (κ2) is 5.63. The molecule has 2 rings (SSSR count). The first-order valence-electron chi connectivity index (χ1n) is 6.15. The summed E-state index contributed by atoms with van der Waals surface area (Å²) in [5.74, 6) is -2.72. The van der Waals surface area contributed by atoms with Crippen molar-refractivity contribution in [3.8, 4) is 0 Å². The molecule has 0 spiro atoms. The van der Waals surface area contributed by atoms with Gasteiger partial charge in [-0.25, -0.2) is 8.78 Å². The molecule has 2 unspecified atom stereocenters. The Morgan fingerprint density at radius 2 is 2.21 bits per heavy atom.